The summed E-state index contributed by atoms with van der Waals surface area (Å²) in [6.45, 7) is 1.96. The highest BCUT2D eigenvalue weighted by Crippen LogP contribution is 2.54. The van der Waals surface area contributed by atoms with Gasteiger partial charge >= 0.3 is 0 Å². The van der Waals surface area contributed by atoms with Crippen molar-refractivity contribution in [3.8, 4) is 0 Å². The maximum atomic E-state index is 13.7. The first-order valence-corrected chi connectivity index (χ1v) is 11.9. The molecule has 1 aromatic carbocycles. The zero-order valence-corrected chi connectivity index (χ0v) is 17.7. The minimum atomic E-state index is -1.14. The topological polar surface area (TPSA) is 78.5 Å². The summed E-state index contributed by atoms with van der Waals surface area (Å²) in [4.78, 5) is 42.1. The van der Waals surface area contributed by atoms with Gasteiger partial charge in [-0.3, -0.25) is 24.6 Å². The number of aryl methyl sites for hydroxylation is 1. The summed E-state index contributed by atoms with van der Waals surface area (Å²) in [5.74, 6) is -0.674. The van der Waals surface area contributed by atoms with E-state index in [0.717, 1.165) is 54.7 Å². The number of hydrogen-bond acceptors (Lipinski definition) is 5. The van der Waals surface area contributed by atoms with Crippen molar-refractivity contribution >= 4 is 35.2 Å². The molecule has 0 aromatic heterocycles. The van der Waals surface area contributed by atoms with Gasteiger partial charge in [0.1, 0.15) is 5.54 Å². The van der Waals surface area contributed by atoms with E-state index in [9.17, 15) is 14.4 Å². The van der Waals surface area contributed by atoms with E-state index in [-0.39, 0.29) is 29.8 Å². The van der Waals surface area contributed by atoms with Gasteiger partial charge < -0.3 is 5.32 Å². The smallest absolute Gasteiger partial charge is 0.250 e. The van der Waals surface area contributed by atoms with Crippen molar-refractivity contribution in [2.75, 3.05) is 17.3 Å². The molecule has 5 rings (SSSR count). The molecule has 1 spiro atoms. The van der Waals surface area contributed by atoms with E-state index in [1.807, 2.05) is 31.4 Å². The van der Waals surface area contributed by atoms with Gasteiger partial charge in [0.15, 0.2) is 0 Å². The minimum Gasteiger partial charge on any atom is -0.324 e. The van der Waals surface area contributed by atoms with Crippen LogP contribution in [0, 0.1) is 18.8 Å². The molecule has 4 aliphatic rings. The van der Waals surface area contributed by atoms with Gasteiger partial charge in [-0.2, -0.15) is 11.8 Å². The van der Waals surface area contributed by atoms with Gasteiger partial charge in [0.05, 0.1) is 11.8 Å². The van der Waals surface area contributed by atoms with Gasteiger partial charge in [0, 0.05) is 23.3 Å². The third kappa shape index (κ3) is 2.49. The van der Waals surface area contributed by atoms with E-state index in [4.69, 9.17) is 0 Å². The molecule has 0 unspecified atom stereocenters. The molecule has 2 saturated heterocycles. The molecule has 0 bridgehead atoms. The number of amides is 3. The highest BCUT2D eigenvalue weighted by Gasteiger charge is 2.70. The molecule has 6 nitrogen and oxygen atoms in total. The Morgan fingerprint density at radius 2 is 1.93 bits per heavy atom. The zero-order valence-electron chi connectivity index (χ0n) is 16.9. The molecule has 1 saturated carbocycles. The molecular formula is C22H27N3O3S. The maximum absolute atomic E-state index is 13.7. The van der Waals surface area contributed by atoms with Gasteiger partial charge in [-0.15, -0.1) is 0 Å². The first-order valence-electron chi connectivity index (χ1n) is 10.6. The van der Waals surface area contributed by atoms with E-state index >= 15 is 0 Å². The fourth-order valence-electron chi connectivity index (χ4n) is 6.01. The van der Waals surface area contributed by atoms with Gasteiger partial charge in [-0.25, -0.2) is 0 Å². The van der Waals surface area contributed by atoms with Crippen LogP contribution in [-0.4, -0.2) is 46.7 Å². The lowest BCUT2D eigenvalue weighted by atomic mass is 9.76. The van der Waals surface area contributed by atoms with Crippen molar-refractivity contribution in [1.82, 2.24) is 10.2 Å². The first kappa shape index (κ1) is 19.1. The molecular weight excluding hydrogens is 386 g/mol. The predicted octanol–water partition coefficient (Wildman–Crippen LogP) is 2.41. The Labute approximate surface area is 175 Å². The van der Waals surface area contributed by atoms with Crippen LogP contribution in [0.2, 0.25) is 0 Å². The third-order valence-corrected chi connectivity index (χ3v) is 7.96. The Hall–Kier alpha value is -1.86. The van der Waals surface area contributed by atoms with Crippen LogP contribution in [0.15, 0.2) is 18.2 Å². The molecule has 0 radical (unpaired) electrons. The fourth-order valence-corrected chi connectivity index (χ4v) is 6.50. The van der Waals surface area contributed by atoms with Crippen molar-refractivity contribution in [1.29, 1.82) is 0 Å². The molecule has 3 heterocycles. The van der Waals surface area contributed by atoms with Crippen LogP contribution in [0.1, 0.15) is 43.2 Å². The number of nitrogens with one attached hydrogen (secondary N) is 2. The predicted molar refractivity (Wildman–Crippen MR) is 112 cm³/mol. The SMILES string of the molecule is CSCC[C@H]1N[C@@]2(C(=O)Nc3c(C)cccc32)[C@H]2C(=O)N(C3CCCC3)C(=O)[C@H]12. The molecule has 29 heavy (non-hydrogen) atoms. The number of carbonyl (C=O) groups is 3. The number of carbonyl (C=O) groups excluding carboxylic acids is 3. The number of likely N-dealkylation sites (tertiary alicyclic amines) is 1. The standard InChI is InChI=1S/C22H27N3O3S/c1-12-6-5-9-14-18(12)23-21(28)22(14)17-16(15(24-22)10-11-29-2)19(26)25(20(17)27)13-7-3-4-8-13/h5-6,9,13,15-17,24H,3-4,7-8,10-11H2,1-2H3,(H,23,28)/t15-,16-,17-,22-/m1/s1. The lowest BCUT2D eigenvalue weighted by Gasteiger charge is -2.31. The van der Waals surface area contributed by atoms with E-state index in [0.29, 0.717) is 0 Å². The summed E-state index contributed by atoms with van der Waals surface area (Å²) in [5, 5.41) is 6.53. The second-order valence-electron chi connectivity index (χ2n) is 8.78. The summed E-state index contributed by atoms with van der Waals surface area (Å²) in [6.07, 6.45) is 6.67. The summed E-state index contributed by atoms with van der Waals surface area (Å²) in [6, 6.07) is 5.64. The number of fused-ring (bicyclic) bond motifs is 4. The number of benzene rings is 1. The van der Waals surface area contributed by atoms with Crippen LogP contribution in [-0.2, 0) is 19.9 Å². The average Bonchev–Trinajstić information content (AvgIpc) is 3.44. The third-order valence-electron chi connectivity index (χ3n) is 7.32. The molecule has 3 fully saturated rings. The summed E-state index contributed by atoms with van der Waals surface area (Å²) >= 11 is 1.72. The van der Waals surface area contributed by atoms with E-state index in [1.165, 1.54) is 4.90 Å². The number of imide groups is 1. The monoisotopic (exact) mass is 413 g/mol. The molecule has 154 valence electrons. The Bertz CT molecular complexity index is 897. The Morgan fingerprint density at radius 3 is 2.66 bits per heavy atom. The molecule has 3 aliphatic heterocycles. The number of rotatable bonds is 4. The molecule has 1 aromatic rings. The van der Waals surface area contributed by atoms with Crippen LogP contribution >= 0.6 is 11.8 Å². The van der Waals surface area contributed by atoms with Gasteiger partial charge in [-0.05, 0) is 43.8 Å². The number of nitrogens with zero attached hydrogens (tertiary/aromatic N) is 1. The first-order chi connectivity index (χ1) is 14.0. The minimum absolute atomic E-state index is 0.000273. The second kappa shape index (κ2) is 6.84. The Balaban J connectivity index is 1.63. The van der Waals surface area contributed by atoms with Crippen molar-refractivity contribution in [2.45, 2.75) is 56.7 Å². The van der Waals surface area contributed by atoms with Crippen LogP contribution < -0.4 is 10.6 Å². The quantitative estimate of drug-likeness (QED) is 0.741. The van der Waals surface area contributed by atoms with Crippen molar-refractivity contribution in [3.05, 3.63) is 29.3 Å². The number of anilines is 1. The normalized spacial score (nSPS) is 33.7. The molecule has 4 atom stereocenters. The summed E-state index contributed by atoms with van der Waals surface area (Å²) in [7, 11) is 0. The number of hydrogen-bond donors (Lipinski definition) is 2. The zero-order chi connectivity index (χ0) is 20.3. The van der Waals surface area contributed by atoms with Crippen LogP contribution in [0.3, 0.4) is 0 Å². The highest BCUT2D eigenvalue weighted by molar-refractivity contribution is 7.98. The second-order valence-corrected chi connectivity index (χ2v) is 9.77. The largest absolute Gasteiger partial charge is 0.324 e. The summed E-state index contributed by atoms with van der Waals surface area (Å²) < 4.78 is 0. The number of para-hydroxylation sites is 1. The van der Waals surface area contributed by atoms with Crippen LogP contribution in [0.4, 0.5) is 5.69 Å². The van der Waals surface area contributed by atoms with E-state index in [2.05, 4.69) is 10.6 Å². The Kier molecular flexibility index (Phi) is 4.51. The number of thioether (sulfide) groups is 1. The van der Waals surface area contributed by atoms with Gasteiger partial charge in [0.25, 0.3) is 0 Å². The maximum Gasteiger partial charge on any atom is 0.250 e. The fraction of sp³-hybridized carbons (Fsp3) is 0.591. The van der Waals surface area contributed by atoms with E-state index in [1.54, 1.807) is 11.8 Å². The average molecular weight is 414 g/mol. The van der Waals surface area contributed by atoms with Crippen molar-refractivity contribution in [2.24, 2.45) is 11.8 Å². The van der Waals surface area contributed by atoms with Crippen molar-refractivity contribution < 1.29 is 14.4 Å². The van der Waals surface area contributed by atoms with E-state index < -0.39 is 17.4 Å². The molecule has 3 amide bonds. The Morgan fingerprint density at radius 1 is 1.17 bits per heavy atom. The molecule has 1 aliphatic carbocycles. The van der Waals surface area contributed by atoms with Crippen LogP contribution in [0.25, 0.3) is 0 Å². The van der Waals surface area contributed by atoms with Crippen LogP contribution in [0.5, 0.6) is 0 Å². The molecule has 2 N–H and O–H groups in total. The molecule has 7 heteroatoms. The highest BCUT2D eigenvalue weighted by atomic mass is 32.2. The van der Waals surface area contributed by atoms with Gasteiger partial charge in [-0.1, -0.05) is 31.0 Å². The lowest BCUT2D eigenvalue weighted by Crippen LogP contribution is -2.54. The summed E-state index contributed by atoms with van der Waals surface area (Å²) in [5.41, 5.74) is 1.44. The van der Waals surface area contributed by atoms with Crippen molar-refractivity contribution in [3.63, 3.8) is 0 Å². The lowest BCUT2D eigenvalue weighted by molar-refractivity contribution is -0.145. The van der Waals surface area contributed by atoms with Gasteiger partial charge in [0.2, 0.25) is 17.7 Å².